The fourth-order valence-electron chi connectivity index (χ4n) is 0.834. The van der Waals surface area contributed by atoms with Crippen LogP contribution in [0.5, 0.6) is 0 Å². The number of ether oxygens (including phenoxy) is 2. The van der Waals surface area contributed by atoms with Crippen molar-refractivity contribution in [2.45, 2.75) is 39.9 Å². The van der Waals surface area contributed by atoms with Gasteiger partial charge in [0.05, 0.1) is 6.61 Å². The van der Waals surface area contributed by atoms with E-state index in [2.05, 4.69) is 0 Å². The van der Waals surface area contributed by atoms with Gasteiger partial charge >= 0.3 is 5.97 Å². The molecule has 0 aromatic rings. The van der Waals surface area contributed by atoms with E-state index in [0.717, 1.165) is 6.42 Å². The fourth-order valence-corrected chi connectivity index (χ4v) is 0.834. The minimum Gasteiger partial charge on any atom is -0.433 e. The van der Waals surface area contributed by atoms with Crippen LogP contribution in [0.15, 0.2) is 11.8 Å². The molecule has 0 fully saturated rings. The zero-order valence-electron chi connectivity index (χ0n) is 9.08. The van der Waals surface area contributed by atoms with Gasteiger partial charge in [-0.25, -0.2) is 4.79 Å². The molecule has 0 bridgehead atoms. The van der Waals surface area contributed by atoms with Gasteiger partial charge < -0.3 is 15.2 Å². The van der Waals surface area contributed by atoms with Gasteiger partial charge in [0.15, 0.2) is 0 Å². The van der Waals surface area contributed by atoms with E-state index in [4.69, 9.17) is 15.2 Å². The topological polar surface area (TPSA) is 61.5 Å². The van der Waals surface area contributed by atoms with E-state index in [9.17, 15) is 4.79 Å². The second kappa shape index (κ2) is 7.38. The maximum Gasteiger partial charge on any atom is 0.334 e. The summed E-state index contributed by atoms with van der Waals surface area (Å²) >= 11 is 0. The van der Waals surface area contributed by atoms with Gasteiger partial charge in [-0.15, -0.1) is 0 Å². The predicted octanol–water partition coefficient (Wildman–Crippen LogP) is 1.55. The fraction of sp³-hybridized carbons (Fsp3) is 0.700. The largest absolute Gasteiger partial charge is 0.433 e. The van der Waals surface area contributed by atoms with Gasteiger partial charge in [-0.1, -0.05) is 13.8 Å². The van der Waals surface area contributed by atoms with Crippen LogP contribution in [0.1, 0.15) is 33.6 Å². The molecule has 0 aliphatic carbocycles. The highest BCUT2D eigenvalue weighted by Crippen LogP contribution is 2.02. The van der Waals surface area contributed by atoms with E-state index in [1.54, 1.807) is 6.92 Å². The molecule has 0 saturated heterocycles. The van der Waals surface area contributed by atoms with Crippen LogP contribution in [0, 0.1) is 0 Å². The van der Waals surface area contributed by atoms with E-state index in [0.29, 0.717) is 18.7 Å². The minimum atomic E-state index is -0.460. The molecule has 1 atom stereocenters. The molecule has 0 aliphatic rings. The Morgan fingerprint density at radius 2 is 2.14 bits per heavy atom. The molecule has 4 nitrogen and oxygen atoms in total. The average molecular weight is 201 g/mol. The monoisotopic (exact) mass is 201 g/mol. The van der Waals surface area contributed by atoms with E-state index in [1.807, 2.05) is 13.8 Å². The number of rotatable bonds is 6. The molecule has 0 spiro atoms. The van der Waals surface area contributed by atoms with E-state index >= 15 is 0 Å². The zero-order valence-corrected chi connectivity index (χ0v) is 9.08. The van der Waals surface area contributed by atoms with Crippen LogP contribution < -0.4 is 5.73 Å². The lowest BCUT2D eigenvalue weighted by atomic mass is 10.4. The lowest BCUT2D eigenvalue weighted by molar-refractivity contribution is -0.173. The van der Waals surface area contributed by atoms with Crippen molar-refractivity contribution < 1.29 is 14.3 Å². The Morgan fingerprint density at radius 1 is 1.50 bits per heavy atom. The van der Waals surface area contributed by atoms with E-state index in [-0.39, 0.29) is 0 Å². The quantitative estimate of drug-likeness (QED) is 0.402. The molecular formula is C10H19NO3. The van der Waals surface area contributed by atoms with Crippen molar-refractivity contribution in [2.75, 3.05) is 6.61 Å². The van der Waals surface area contributed by atoms with Crippen LogP contribution >= 0.6 is 0 Å². The van der Waals surface area contributed by atoms with Gasteiger partial charge in [0.1, 0.15) is 0 Å². The lowest BCUT2D eigenvalue weighted by Crippen LogP contribution is -2.20. The van der Waals surface area contributed by atoms with E-state index in [1.165, 1.54) is 6.08 Å². The molecule has 1 unspecified atom stereocenters. The summed E-state index contributed by atoms with van der Waals surface area (Å²) in [5, 5.41) is 0. The molecule has 14 heavy (non-hydrogen) atoms. The van der Waals surface area contributed by atoms with Crippen LogP contribution in [-0.2, 0) is 14.3 Å². The van der Waals surface area contributed by atoms with Crippen LogP contribution in [0.2, 0.25) is 0 Å². The van der Waals surface area contributed by atoms with Gasteiger partial charge in [0.2, 0.25) is 6.29 Å². The molecule has 82 valence electrons. The molecule has 0 aromatic carbocycles. The van der Waals surface area contributed by atoms with Crippen LogP contribution in [-0.4, -0.2) is 18.9 Å². The number of carbonyl (C=O) groups excluding carboxylic acids is 1. The highest BCUT2D eigenvalue weighted by molar-refractivity contribution is 5.82. The average Bonchev–Trinajstić information content (AvgIpc) is 2.10. The Morgan fingerprint density at radius 3 is 2.57 bits per heavy atom. The first-order valence-electron chi connectivity index (χ1n) is 4.86. The summed E-state index contributed by atoms with van der Waals surface area (Å²) in [5.41, 5.74) is 5.76. The highest BCUT2D eigenvalue weighted by Gasteiger charge is 2.10. The van der Waals surface area contributed by atoms with Crippen LogP contribution in [0.25, 0.3) is 0 Å². The van der Waals surface area contributed by atoms with Gasteiger partial charge in [-0.3, -0.25) is 0 Å². The predicted molar refractivity (Wildman–Crippen MR) is 54.4 cm³/mol. The third-order valence-electron chi connectivity index (χ3n) is 1.43. The molecule has 0 heterocycles. The molecule has 0 saturated carbocycles. The smallest absolute Gasteiger partial charge is 0.334 e. The highest BCUT2D eigenvalue weighted by atomic mass is 16.7. The Bertz CT molecular complexity index is 198. The first kappa shape index (κ1) is 13.0. The van der Waals surface area contributed by atoms with Crippen LogP contribution in [0.3, 0.4) is 0 Å². The second-order valence-electron chi connectivity index (χ2n) is 3.03. The molecule has 0 aromatic heterocycles. The Kier molecular flexibility index (Phi) is 6.84. The Balaban J connectivity index is 3.92. The summed E-state index contributed by atoms with van der Waals surface area (Å²) in [6.07, 6.45) is 2.33. The molecule has 0 rings (SSSR count). The summed E-state index contributed by atoms with van der Waals surface area (Å²) in [4.78, 5) is 11.1. The summed E-state index contributed by atoms with van der Waals surface area (Å²) in [6.45, 7) is 6.12. The molecule has 4 heteroatoms. The Labute approximate surface area is 85.1 Å². The zero-order chi connectivity index (χ0) is 11.0. The molecule has 0 amide bonds. The summed E-state index contributed by atoms with van der Waals surface area (Å²) in [6, 6.07) is 0. The number of nitrogens with two attached hydrogens (primary N) is 1. The minimum absolute atomic E-state index is 0.431. The number of hydrogen-bond acceptors (Lipinski definition) is 4. The maximum absolute atomic E-state index is 11.1. The van der Waals surface area contributed by atoms with Crippen molar-refractivity contribution in [3.05, 3.63) is 11.8 Å². The molecule has 0 radical (unpaired) electrons. The molecular weight excluding hydrogens is 182 g/mol. The third-order valence-corrected chi connectivity index (χ3v) is 1.43. The normalized spacial score (nSPS) is 13.8. The summed E-state index contributed by atoms with van der Waals surface area (Å²) in [5.74, 6) is -0.451. The van der Waals surface area contributed by atoms with Crippen molar-refractivity contribution in [1.29, 1.82) is 0 Å². The second-order valence-corrected chi connectivity index (χ2v) is 3.03. The van der Waals surface area contributed by atoms with Gasteiger partial charge in [0, 0.05) is 18.2 Å². The summed E-state index contributed by atoms with van der Waals surface area (Å²) in [7, 11) is 0. The summed E-state index contributed by atoms with van der Waals surface area (Å²) < 4.78 is 10.3. The van der Waals surface area contributed by atoms with Crippen molar-refractivity contribution in [3.63, 3.8) is 0 Å². The van der Waals surface area contributed by atoms with Crippen LogP contribution in [0.4, 0.5) is 0 Å². The molecule has 2 N–H and O–H groups in total. The number of allylic oxidation sites excluding steroid dienone is 1. The third kappa shape index (κ3) is 6.48. The van der Waals surface area contributed by atoms with Gasteiger partial charge in [-0.2, -0.15) is 0 Å². The standard InChI is InChI=1S/C10H19NO3/c1-4-6-13-10(5-2)14-9(12)7-8(3)11/h7,10H,4-6,11H2,1-3H3/b8-7-. The first-order chi connectivity index (χ1) is 6.60. The molecule has 0 aliphatic heterocycles. The van der Waals surface area contributed by atoms with Gasteiger partial charge in [-0.05, 0) is 13.3 Å². The van der Waals surface area contributed by atoms with Crippen molar-refractivity contribution >= 4 is 5.97 Å². The number of esters is 1. The van der Waals surface area contributed by atoms with Crippen molar-refractivity contribution in [2.24, 2.45) is 5.73 Å². The van der Waals surface area contributed by atoms with Crippen molar-refractivity contribution in [3.8, 4) is 0 Å². The van der Waals surface area contributed by atoms with Gasteiger partial charge in [0.25, 0.3) is 0 Å². The Hall–Kier alpha value is -1.03. The number of hydrogen-bond donors (Lipinski definition) is 1. The SMILES string of the molecule is CCCOC(CC)OC(=O)/C=C(/C)N. The van der Waals surface area contributed by atoms with Crippen molar-refractivity contribution in [1.82, 2.24) is 0 Å². The number of carbonyl (C=O) groups is 1. The van der Waals surface area contributed by atoms with E-state index < -0.39 is 12.3 Å². The maximum atomic E-state index is 11.1. The first-order valence-corrected chi connectivity index (χ1v) is 4.86. The lowest BCUT2D eigenvalue weighted by Gasteiger charge is -2.15.